The van der Waals surface area contributed by atoms with Gasteiger partial charge in [0, 0.05) is 36.8 Å². The fourth-order valence-corrected chi connectivity index (χ4v) is 6.94. The lowest BCUT2D eigenvalue weighted by molar-refractivity contribution is -0.130. The molecule has 0 saturated carbocycles. The van der Waals surface area contributed by atoms with Gasteiger partial charge in [-0.15, -0.1) is 10.2 Å². The maximum absolute atomic E-state index is 13.3. The van der Waals surface area contributed by atoms with E-state index >= 15 is 0 Å². The van der Waals surface area contributed by atoms with Gasteiger partial charge < -0.3 is 20.9 Å². The number of rotatable bonds is 11. The molecule has 1 aliphatic heterocycles. The van der Waals surface area contributed by atoms with E-state index in [0.717, 1.165) is 28.7 Å². The molecule has 4 N–H and O–H groups in total. The summed E-state index contributed by atoms with van der Waals surface area (Å²) in [5, 5.41) is 34.7. The molecule has 12 heteroatoms. The van der Waals surface area contributed by atoms with Crippen LogP contribution < -0.4 is 16.0 Å². The lowest BCUT2D eigenvalue weighted by Gasteiger charge is -2.38. The lowest BCUT2D eigenvalue weighted by Crippen LogP contribution is -2.48. The molecule has 2 aromatic carbocycles. The summed E-state index contributed by atoms with van der Waals surface area (Å²) in [6, 6.07) is 13.2. The number of H-pyrrole nitrogens is 1. The highest BCUT2D eigenvalue weighted by atomic mass is 16.2. The van der Waals surface area contributed by atoms with Crippen LogP contribution in [0.25, 0.3) is 0 Å². The number of likely N-dealkylation sites (tertiary alicyclic amines) is 1. The number of carbonyl (C=O) groups is 3. The Morgan fingerprint density at radius 3 is 2.13 bits per heavy atom. The molecule has 2 aliphatic rings. The Morgan fingerprint density at radius 1 is 1.02 bits per heavy atom. The lowest BCUT2D eigenvalue weighted by atomic mass is 9.66. The zero-order valence-corrected chi connectivity index (χ0v) is 27.0. The van der Waals surface area contributed by atoms with E-state index in [1.165, 1.54) is 0 Å². The van der Waals surface area contributed by atoms with E-state index < -0.39 is 11.5 Å². The number of aromatic nitrogens is 4. The van der Waals surface area contributed by atoms with Crippen LogP contribution >= 0.6 is 0 Å². The summed E-state index contributed by atoms with van der Waals surface area (Å²) in [5.74, 6) is 0.183. The van der Waals surface area contributed by atoms with Crippen LogP contribution in [0.5, 0.6) is 0 Å². The van der Waals surface area contributed by atoms with Gasteiger partial charge in [-0.25, -0.2) is 0 Å². The molecule has 0 radical (unpaired) electrons. The van der Waals surface area contributed by atoms with E-state index in [1.54, 1.807) is 4.90 Å². The number of benzene rings is 2. The minimum atomic E-state index is -0.929. The second-order valence-corrected chi connectivity index (χ2v) is 12.4. The number of nitrogens with one attached hydrogen (secondary N) is 4. The molecule has 1 saturated heterocycles. The fraction of sp³-hybridized carbons (Fsp3) is 0.500. The van der Waals surface area contributed by atoms with E-state index in [2.05, 4.69) is 56.5 Å². The Hall–Kier alpha value is -4.63. The van der Waals surface area contributed by atoms with Gasteiger partial charge in [0.1, 0.15) is 6.04 Å². The molecule has 0 spiro atoms. The van der Waals surface area contributed by atoms with Crippen molar-refractivity contribution in [2.75, 3.05) is 26.2 Å². The van der Waals surface area contributed by atoms with E-state index in [9.17, 15) is 19.6 Å². The SMILES string of the molecule is CCNC(=O)c1ccc2c(c1)CCc1cc(C(=O)NCC)ccc1C2(C[C@@H](NCC(=O)N1CCC[C@H]1C#N)C(C)C)c1nn[nH]n1. The molecular formula is C34H43N9O3. The highest BCUT2D eigenvalue weighted by molar-refractivity contribution is 5.95. The van der Waals surface area contributed by atoms with Crippen molar-refractivity contribution in [2.24, 2.45) is 5.92 Å². The van der Waals surface area contributed by atoms with Crippen molar-refractivity contribution >= 4 is 17.7 Å². The number of hydrogen-bond donors (Lipinski definition) is 4. The molecule has 1 aromatic heterocycles. The molecule has 2 heterocycles. The average Bonchev–Trinajstić information content (AvgIpc) is 3.75. The van der Waals surface area contributed by atoms with Gasteiger partial charge >= 0.3 is 0 Å². The van der Waals surface area contributed by atoms with Crippen LogP contribution in [0.1, 0.15) is 95.8 Å². The normalized spacial score (nSPS) is 17.4. The van der Waals surface area contributed by atoms with Crippen molar-refractivity contribution < 1.29 is 14.4 Å². The first-order chi connectivity index (χ1) is 22.2. The first-order valence-electron chi connectivity index (χ1n) is 16.2. The van der Waals surface area contributed by atoms with Gasteiger partial charge in [0.25, 0.3) is 11.8 Å². The van der Waals surface area contributed by atoms with Gasteiger partial charge in [-0.1, -0.05) is 31.2 Å². The number of nitriles is 1. The van der Waals surface area contributed by atoms with Gasteiger partial charge in [0.05, 0.1) is 18.0 Å². The number of aromatic amines is 1. The predicted octanol–water partition coefficient (Wildman–Crippen LogP) is 2.65. The number of nitrogens with zero attached hydrogens (tertiary/aromatic N) is 5. The second-order valence-electron chi connectivity index (χ2n) is 12.4. The van der Waals surface area contributed by atoms with E-state index in [-0.39, 0.29) is 36.2 Å². The average molecular weight is 626 g/mol. The molecule has 1 aliphatic carbocycles. The van der Waals surface area contributed by atoms with Gasteiger partial charge in [-0.05, 0) is 98.4 Å². The van der Waals surface area contributed by atoms with Crippen molar-refractivity contribution in [3.05, 3.63) is 75.6 Å². The first-order valence-corrected chi connectivity index (χ1v) is 16.2. The van der Waals surface area contributed by atoms with Crippen LogP contribution in [0.2, 0.25) is 0 Å². The Bertz CT molecular complexity index is 1540. The molecule has 0 bridgehead atoms. The molecule has 2 atom stereocenters. The Balaban J connectivity index is 1.64. The number of hydrogen-bond acceptors (Lipinski definition) is 8. The van der Waals surface area contributed by atoms with E-state index in [4.69, 9.17) is 0 Å². The van der Waals surface area contributed by atoms with Crippen molar-refractivity contribution in [1.82, 2.24) is 41.5 Å². The number of amides is 3. The quantitative estimate of drug-likeness (QED) is 0.252. The maximum Gasteiger partial charge on any atom is 0.251 e. The molecule has 3 amide bonds. The smallest absolute Gasteiger partial charge is 0.251 e. The third-order valence-electron chi connectivity index (χ3n) is 9.29. The van der Waals surface area contributed by atoms with Gasteiger partial charge in [-0.3, -0.25) is 14.4 Å². The summed E-state index contributed by atoms with van der Waals surface area (Å²) in [4.78, 5) is 40.8. The highest BCUT2D eigenvalue weighted by Crippen LogP contribution is 2.47. The molecule has 46 heavy (non-hydrogen) atoms. The van der Waals surface area contributed by atoms with Crippen molar-refractivity contribution in [3.63, 3.8) is 0 Å². The van der Waals surface area contributed by atoms with Crippen LogP contribution in [0.3, 0.4) is 0 Å². The van der Waals surface area contributed by atoms with Crippen LogP contribution in [-0.2, 0) is 23.1 Å². The minimum Gasteiger partial charge on any atom is -0.352 e. The van der Waals surface area contributed by atoms with Crippen LogP contribution in [0, 0.1) is 17.2 Å². The van der Waals surface area contributed by atoms with Gasteiger partial charge in [0.2, 0.25) is 5.91 Å². The van der Waals surface area contributed by atoms with E-state index in [1.807, 2.05) is 50.2 Å². The summed E-state index contributed by atoms with van der Waals surface area (Å²) in [6.07, 6.45) is 3.26. The van der Waals surface area contributed by atoms with E-state index in [0.29, 0.717) is 62.3 Å². The molecule has 242 valence electrons. The van der Waals surface area contributed by atoms with Crippen molar-refractivity contribution in [3.8, 4) is 6.07 Å². The van der Waals surface area contributed by atoms with Crippen molar-refractivity contribution in [2.45, 2.75) is 77.3 Å². The van der Waals surface area contributed by atoms with Crippen LogP contribution in [0.15, 0.2) is 36.4 Å². The summed E-state index contributed by atoms with van der Waals surface area (Å²) in [6.45, 7) is 9.70. The van der Waals surface area contributed by atoms with Gasteiger partial charge in [-0.2, -0.15) is 10.5 Å². The number of aryl methyl sites for hydroxylation is 2. The summed E-state index contributed by atoms with van der Waals surface area (Å²) in [5.41, 5.74) is 4.08. The molecule has 12 nitrogen and oxygen atoms in total. The fourth-order valence-electron chi connectivity index (χ4n) is 6.94. The monoisotopic (exact) mass is 625 g/mol. The molecule has 1 fully saturated rings. The predicted molar refractivity (Wildman–Crippen MR) is 172 cm³/mol. The maximum atomic E-state index is 13.3. The largest absolute Gasteiger partial charge is 0.352 e. The third-order valence-corrected chi connectivity index (χ3v) is 9.29. The first kappa shape index (κ1) is 32.8. The van der Waals surface area contributed by atoms with Crippen LogP contribution in [0.4, 0.5) is 0 Å². The number of fused-ring (bicyclic) bond motifs is 2. The Morgan fingerprint density at radius 2 is 1.63 bits per heavy atom. The summed E-state index contributed by atoms with van der Waals surface area (Å²) >= 11 is 0. The van der Waals surface area contributed by atoms with Gasteiger partial charge in [0.15, 0.2) is 5.82 Å². The topological polar surface area (TPSA) is 169 Å². The molecular weight excluding hydrogens is 582 g/mol. The zero-order valence-electron chi connectivity index (χ0n) is 27.0. The van der Waals surface area contributed by atoms with Crippen molar-refractivity contribution in [1.29, 1.82) is 5.26 Å². The standard InChI is InChI=1S/C34H43N9O3/c1-5-36-31(45)24-11-13-27-22(16-24)9-10-23-17-25(32(46)37-6-2)12-14-28(23)34(27,33-39-41-42-40-33)18-29(21(3)4)38-20-30(44)43-15-7-8-26(43)19-35/h11-14,16-17,21,26,29,38H,5-10,15,18,20H2,1-4H3,(H,36,45)(H,37,46)(H,39,40,41,42)/t26-,29+/m0/s1. The minimum absolute atomic E-state index is 0.0926. The molecule has 3 aromatic rings. The Kier molecular flexibility index (Phi) is 10.1. The zero-order chi connectivity index (χ0) is 32.8. The third kappa shape index (κ3) is 6.37. The highest BCUT2D eigenvalue weighted by Gasteiger charge is 2.47. The summed E-state index contributed by atoms with van der Waals surface area (Å²) < 4.78 is 0. The number of carbonyl (C=O) groups excluding carboxylic acids is 3. The summed E-state index contributed by atoms with van der Waals surface area (Å²) in [7, 11) is 0. The Labute approximate surface area is 269 Å². The molecule has 0 unspecified atom stereocenters. The number of tetrazole rings is 1. The van der Waals surface area contributed by atoms with Crippen LogP contribution in [-0.4, -0.2) is 81.5 Å². The second kappa shape index (κ2) is 14.2. The molecule has 5 rings (SSSR count).